The molecule has 5 heteroatoms. The smallest absolute Gasteiger partial charge is 0.317 e. The molecular weight excluding hydrogens is 316 g/mol. The van der Waals surface area contributed by atoms with Gasteiger partial charge in [0.05, 0.1) is 12.0 Å². The maximum atomic E-state index is 11.4. The number of hydrogen-bond acceptors (Lipinski definition) is 4. The van der Waals surface area contributed by atoms with Gasteiger partial charge in [0.2, 0.25) is 0 Å². The van der Waals surface area contributed by atoms with Gasteiger partial charge in [0.15, 0.2) is 0 Å². The van der Waals surface area contributed by atoms with E-state index in [2.05, 4.69) is 6.92 Å². The standard InChI is InChI=1S/C18H33ClO4/c1-3-4-5-6-7-8-9-10-11-12-13-22-17(20)14-18(21)23-15-16(2)19/h16H,3-15H2,1-2H3. The van der Waals surface area contributed by atoms with Crippen molar-refractivity contribution in [2.75, 3.05) is 13.2 Å². The van der Waals surface area contributed by atoms with Crippen LogP contribution in [0.15, 0.2) is 0 Å². The van der Waals surface area contributed by atoms with Gasteiger partial charge in [-0.1, -0.05) is 64.7 Å². The average molecular weight is 349 g/mol. The third kappa shape index (κ3) is 17.4. The summed E-state index contributed by atoms with van der Waals surface area (Å²) in [4.78, 5) is 22.7. The van der Waals surface area contributed by atoms with E-state index in [1.54, 1.807) is 6.92 Å². The van der Waals surface area contributed by atoms with Crippen LogP contribution in [0.5, 0.6) is 0 Å². The Balaban J connectivity index is 3.31. The number of halogens is 1. The fourth-order valence-corrected chi connectivity index (χ4v) is 2.27. The minimum Gasteiger partial charge on any atom is -0.465 e. The third-order valence-corrected chi connectivity index (χ3v) is 3.65. The molecule has 1 unspecified atom stereocenters. The molecule has 0 saturated carbocycles. The van der Waals surface area contributed by atoms with Gasteiger partial charge in [-0.15, -0.1) is 11.6 Å². The summed E-state index contributed by atoms with van der Waals surface area (Å²) in [6.07, 6.45) is 12.0. The lowest BCUT2D eigenvalue weighted by Crippen LogP contribution is -2.17. The second-order valence-corrected chi connectivity index (χ2v) is 6.79. The number of carbonyl (C=O) groups excluding carboxylic acids is 2. The zero-order valence-electron chi connectivity index (χ0n) is 14.8. The number of hydrogen-bond donors (Lipinski definition) is 0. The minimum atomic E-state index is -0.578. The normalized spacial score (nSPS) is 12.0. The van der Waals surface area contributed by atoms with Gasteiger partial charge in [0.1, 0.15) is 13.0 Å². The predicted molar refractivity (Wildman–Crippen MR) is 93.7 cm³/mol. The van der Waals surface area contributed by atoms with Gasteiger partial charge in [-0.05, 0) is 13.3 Å². The van der Waals surface area contributed by atoms with E-state index in [0.29, 0.717) is 6.61 Å². The number of esters is 2. The Morgan fingerprint density at radius 3 is 1.83 bits per heavy atom. The summed E-state index contributed by atoms with van der Waals surface area (Å²) >= 11 is 5.65. The number of rotatable bonds is 15. The first-order valence-corrected chi connectivity index (χ1v) is 9.45. The van der Waals surface area contributed by atoms with Gasteiger partial charge in [-0.25, -0.2) is 0 Å². The number of carbonyl (C=O) groups is 2. The van der Waals surface area contributed by atoms with Crippen molar-refractivity contribution in [2.45, 2.75) is 89.9 Å². The summed E-state index contributed by atoms with van der Waals surface area (Å²) in [7, 11) is 0. The molecule has 0 aromatic heterocycles. The minimum absolute atomic E-state index is 0.117. The SMILES string of the molecule is CCCCCCCCCCCCOC(=O)CC(=O)OCC(C)Cl. The summed E-state index contributed by atoms with van der Waals surface area (Å²) in [5.74, 6) is -1.10. The van der Waals surface area contributed by atoms with Crippen molar-refractivity contribution in [3.05, 3.63) is 0 Å². The van der Waals surface area contributed by atoms with Crippen LogP contribution in [-0.2, 0) is 19.1 Å². The van der Waals surface area contributed by atoms with Crippen molar-refractivity contribution in [2.24, 2.45) is 0 Å². The Labute approximate surface area is 146 Å². The number of unbranched alkanes of at least 4 members (excludes halogenated alkanes) is 9. The molecule has 0 amide bonds. The molecule has 0 rings (SSSR count). The highest BCUT2D eigenvalue weighted by atomic mass is 35.5. The van der Waals surface area contributed by atoms with Crippen molar-refractivity contribution in [1.82, 2.24) is 0 Å². The van der Waals surface area contributed by atoms with E-state index in [9.17, 15) is 9.59 Å². The van der Waals surface area contributed by atoms with E-state index < -0.39 is 11.9 Å². The topological polar surface area (TPSA) is 52.6 Å². The monoisotopic (exact) mass is 348 g/mol. The molecule has 0 radical (unpaired) electrons. The van der Waals surface area contributed by atoms with Gasteiger partial charge in [0, 0.05) is 0 Å². The second-order valence-electron chi connectivity index (χ2n) is 6.04. The van der Waals surface area contributed by atoms with Gasteiger partial charge in [-0.3, -0.25) is 9.59 Å². The van der Waals surface area contributed by atoms with Crippen LogP contribution in [0.3, 0.4) is 0 Å². The molecule has 0 aromatic carbocycles. The van der Waals surface area contributed by atoms with Crippen molar-refractivity contribution >= 4 is 23.5 Å². The molecule has 1 atom stereocenters. The second kappa shape index (κ2) is 16.1. The fraction of sp³-hybridized carbons (Fsp3) is 0.889. The van der Waals surface area contributed by atoms with Gasteiger partial charge in [-0.2, -0.15) is 0 Å². The van der Waals surface area contributed by atoms with E-state index in [1.165, 1.54) is 51.4 Å². The molecule has 0 heterocycles. The zero-order chi connectivity index (χ0) is 17.3. The van der Waals surface area contributed by atoms with Crippen LogP contribution in [0, 0.1) is 0 Å². The van der Waals surface area contributed by atoms with Crippen LogP contribution in [0.2, 0.25) is 0 Å². The lowest BCUT2D eigenvalue weighted by atomic mass is 10.1. The predicted octanol–water partition coefficient (Wildman–Crippen LogP) is 5.01. The summed E-state index contributed by atoms with van der Waals surface area (Å²) in [5, 5.41) is -0.249. The van der Waals surface area contributed by atoms with Crippen molar-refractivity contribution in [3.8, 4) is 0 Å². The van der Waals surface area contributed by atoms with Crippen molar-refractivity contribution in [1.29, 1.82) is 0 Å². The van der Waals surface area contributed by atoms with Gasteiger partial charge >= 0.3 is 11.9 Å². The highest BCUT2D eigenvalue weighted by molar-refractivity contribution is 6.20. The Kier molecular flexibility index (Phi) is 15.6. The number of alkyl halides is 1. The van der Waals surface area contributed by atoms with Crippen LogP contribution < -0.4 is 0 Å². The molecule has 0 N–H and O–H groups in total. The zero-order valence-corrected chi connectivity index (χ0v) is 15.5. The first-order valence-electron chi connectivity index (χ1n) is 9.01. The number of ether oxygens (including phenoxy) is 2. The third-order valence-electron chi connectivity index (χ3n) is 3.52. The highest BCUT2D eigenvalue weighted by Crippen LogP contribution is 2.10. The Morgan fingerprint density at radius 2 is 1.30 bits per heavy atom. The molecule has 136 valence electrons. The maximum absolute atomic E-state index is 11.4. The average Bonchev–Trinajstić information content (AvgIpc) is 2.50. The van der Waals surface area contributed by atoms with Crippen molar-refractivity contribution < 1.29 is 19.1 Å². The fourth-order valence-electron chi connectivity index (χ4n) is 2.20. The quantitative estimate of drug-likeness (QED) is 0.181. The van der Waals surface area contributed by atoms with Crippen LogP contribution in [-0.4, -0.2) is 30.5 Å². The van der Waals surface area contributed by atoms with E-state index >= 15 is 0 Å². The van der Waals surface area contributed by atoms with E-state index in [-0.39, 0.29) is 18.4 Å². The maximum Gasteiger partial charge on any atom is 0.317 e. The molecule has 0 fully saturated rings. The lowest BCUT2D eigenvalue weighted by molar-refractivity contribution is -0.154. The molecule has 23 heavy (non-hydrogen) atoms. The van der Waals surface area contributed by atoms with E-state index in [0.717, 1.165) is 12.8 Å². The molecule has 4 nitrogen and oxygen atoms in total. The molecule has 0 bridgehead atoms. The van der Waals surface area contributed by atoms with E-state index in [1.807, 2.05) is 0 Å². The van der Waals surface area contributed by atoms with Crippen LogP contribution in [0.25, 0.3) is 0 Å². The molecule has 0 aliphatic heterocycles. The Hall–Kier alpha value is -0.770. The molecular formula is C18H33ClO4. The van der Waals surface area contributed by atoms with Crippen molar-refractivity contribution in [3.63, 3.8) is 0 Å². The summed E-state index contributed by atoms with van der Waals surface area (Å²) in [6, 6.07) is 0. The molecule has 0 saturated heterocycles. The molecule has 0 aliphatic carbocycles. The van der Waals surface area contributed by atoms with Crippen LogP contribution >= 0.6 is 11.6 Å². The Bertz CT molecular complexity index is 305. The summed E-state index contributed by atoms with van der Waals surface area (Å²) < 4.78 is 9.83. The van der Waals surface area contributed by atoms with Gasteiger partial charge in [0.25, 0.3) is 0 Å². The van der Waals surface area contributed by atoms with Gasteiger partial charge < -0.3 is 9.47 Å². The molecule has 0 spiro atoms. The first kappa shape index (κ1) is 22.2. The summed E-state index contributed by atoms with van der Waals surface area (Å²) in [5.41, 5.74) is 0. The molecule has 0 aromatic rings. The van der Waals surface area contributed by atoms with Crippen LogP contribution in [0.4, 0.5) is 0 Å². The summed E-state index contributed by atoms with van der Waals surface area (Å²) in [6.45, 7) is 4.45. The lowest BCUT2D eigenvalue weighted by Gasteiger charge is -2.07. The Morgan fingerprint density at radius 1 is 0.826 bits per heavy atom. The largest absolute Gasteiger partial charge is 0.465 e. The molecule has 0 aliphatic rings. The highest BCUT2D eigenvalue weighted by Gasteiger charge is 2.12. The van der Waals surface area contributed by atoms with Crippen LogP contribution in [0.1, 0.15) is 84.5 Å². The van der Waals surface area contributed by atoms with E-state index in [4.69, 9.17) is 21.1 Å². The first-order chi connectivity index (χ1) is 11.1.